The molecule has 2 aromatic carbocycles. The Morgan fingerprint density at radius 2 is 1.54 bits per heavy atom. The summed E-state index contributed by atoms with van der Waals surface area (Å²) >= 11 is 0. The molecule has 0 atom stereocenters. The first kappa shape index (κ1) is 25.3. The van der Waals surface area contributed by atoms with Crippen LogP contribution in [0, 0.1) is 5.82 Å². The zero-order valence-electron chi connectivity index (χ0n) is 17.0. The van der Waals surface area contributed by atoms with Gasteiger partial charge in [-0.25, -0.2) is 4.39 Å². The summed E-state index contributed by atoms with van der Waals surface area (Å²) in [6, 6.07) is 6.77. The highest BCUT2D eigenvalue weighted by Gasteiger charge is 2.37. The number of nitrogens with two attached hydrogens (primary N) is 1. The van der Waals surface area contributed by atoms with E-state index in [1.165, 1.54) is 0 Å². The molecule has 0 saturated heterocycles. The minimum absolute atomic E-state index is 0.143. The van der Waals surface area contributed by atoms with Crippen LogP contribution >= 0.6 is 0 Å². The van der Waals surface area contributed by atoms with E-state index >= 15 is 0 Å². The lowest BCUT2D eigenvalue weighted by atomic mass is 10.1. The molecule has 35 heavy (non-hydrogen) atoms. The minimum Gasteiger partial charge on any atom is -0.456 e. The number of primary amides is 1. The molecule has 1 heterocycles. The number of aromatic nitrogens is 1. The third kappa shape index (κ3) is 6.37. The van der Waals surface area contributed by atoms with Crippen LogP contribution in [0.5, 0.6) is 17.2 Å². The molecule has 3 aromatic rings. The fraction of sp³-hybridized carbons (Fsp3) is 0.0952. The molecule has 7 nitrogen and oxygen atoms in total. The zero-order chi connectivity index (χ0) is 26.0. The van der Waals surface area contributed by atoms with Gasteiger partial charge in [0.2, 0.25) is 0 Å². The lowest BCUT2D eigenvalue weighted by molar-refractivity contribution is -0.274. The van der Waals surface area contributed by atoms with Crippen LogP contribution in [0.2, 0.25) is 0 Å². The van der Waals surface area contributed by atoms with Gasteiger partial charge < -0.3 is 20.5 Å². The summed E-state index contributed by atoms with van der Waals surface area (Å²) in [5.74, 6) is -5.86. The molecule has 0 fully saturated rings. The van der Waals surface area contributed by atoms with Gasteiger partial charge in [0.05, 0.1) is 5.56 Å². The average molecular weight is 503 g/mol. The Kier molecular flexibility index (Phi) is 6.84. The molecule has 0 spiro atoms. The minimum atomic E-state index is -5.16. The van der Waals surface area contributed by atoms with Gasteiger partial charge in [0.1, 0.15) is 28.5 Å². The van der Waals surface area contributed by atoms with Gasteiger partial charge in [0.15, 0.2) is 5.82 Å². The third-order valence-corrected chi connectivity index (χ3v) is 4.19. The molecular formula is C21H12F7N3O4. The first-order valence-corrected chi connectivity index (χ1v) is 9.25. The van der Waals surface area contributed by atoms with E-state index in [-0.39, 0.29) is 17.1 Å². The number of pyridine rings is 1. The number of rotatable bonds is 6. The maximum absolute atomic E-state index is 14.9. The number of nitrogens with zero attached hydrogens (tertiary/aromatic N) is 1. The normalized spacial score (nSPS) is 11.6. The molecule has 0 aliphatic carbocycles. The molecule has 0 radical (unpaired) electrons. The highest BCUT2D eigenvalue weighted by molar-refractivity contribution is 6.07. The van der Waals surface area contributed by atoms with E-state index in [4.69, 9.17) is 10.5 Å². The van der Waals surface area contributed by atoms with Crippen molar-refractivity contribution in [1.29, 1.82) is 0 Å². The van der Waals surface area contributed by atoms with Gasteiger partial charge >= 0.3 is 12.5 Å². The van der Waals surface area contributed by atoms with E-state index in [2.05, 4.69) is 15.0 Å². The SMILES string of the molecule is NC(=O)c1cc(NC(=O)c2c(Oc3ccc(OC(F)(F)F)cc3)ccc(C(F)(F)F)c2F)ccn1. The molecule has 0 bridgehead atoms. The van der Waals surface area contributed by atoms with E-state index in [0.717, 1.165) is 42.6 Å². The summed E-state index contributed by atoms with van der Waals surface area (Å²) in [4.78, 5) is 27.6. The Morgan fingerprint density at radius 3 is 2.11 bits per heavy atom. The number of hydrogen-bond donors (Lipinski definition) is 2. The lowest BCUT2D eigenvalue weighted by Gasteiger charge is -2.16. The van der Waals surface area contributed by atoms with Gasteiger partial charge in [-0.2, -0.15) is 13.2 Å². The zero-order valence-corrected chi connectivity index (χ0v) is 17.0. The van der Waals surface area contributed by atoms with Gasteiger partial charge in [-0.3, -0.25) is 14.6 Å². The molecule has 1 aromatic heterocycles. The summed E-state index contributed by atoms with van der Waals surface area (Å²) < 4.78 is 100. The summed E-state index contributed by atoms with van der Waals surface area (Å²) in [5, 5.41) is 2.11. The van der Waals surface area contributed by atoms with Crippen molar-refractivity contribution in [3.63, 3.8) is 0 Å². The number of benzene rings is 2. The first-order chi connectivity index (χ1) is 16.2. The largest absolute Gasteiger partial charge is 0.573 e. The van der Waals surface area contributed by atoms with Crippen molar-refractivity contribution in [2.24, 2.45) is 5.73 Å². The van der Waals surface area contributed by atoms with Crippen LogP contribution in [-0.4, -0.2) is 23.2 Å². The van der Waals surface area contributed by atoms with Crippen LogP contribution in [0.25, 0.3) is 0 Å². The lowest BCUT2D eigenvalue weighted by Crippen LogP contribution is -2.19. The Morgan fingerprint density at radius 1 is 0.914 bits per heavy atom. The third-order valence-electron chi connectivity index (χ3n) is 4.19. The molecular weight excluding hydrogens is 491 g/mol. The molecule has 0 aliphatic rings. The van der Waals surface area contributed by atoms with Crippen molar-refractivity contribution in [2.45, 2.75) is 12.5 Å². The molecule has 0 saturated carbocycles. The number of hydrogen-bond acceptors (Lipinski definition) is 5. The number of anilines is 1. The Hall–Kier alpha value is -4.36. The van der Waals surface area contributed by atoms with Crippen LogP contribution in [0.1, 0.15) is 26.4 Å². The highest BCUT2D eigenvalue weighted by atomic mass is 19.4. The van der Waals surface area contributed by atoms with Crippen LogP contribution in [0.4, 0.5) is 36.4 Å². The van der Waals surface area contributed by atoms with Crippen LogP contribution in [0.15, 0.2) is 54.7 Å². The van der Waals surface area contributed by atoms with Gasteiger partial charge in [0, 0.05) is 11.9 Å². The van der Waals surface area contributed by atoms with Crippen LogP contribution < -0.4 is 20.5 Å². The van der Waals surface area contributed by atoms with Gasteiger partial charge in [-0.05, 0) is 48.5 Å². The van der Waals surface area contributed by atoms with E-state index < -0.39 is 52.8 Å². The fourth-order valence-electron chi connectivity index (χ4n) is 2.75. The fourth-order valence-corrected chi connectivity index (χ4v) is 2.75. The number of ether oxygens (including phenoxy) is 2. The second-order valence-corrected chi connectivity index (χ2v) is 6.67. The summed E-state index contributed by atoms with van der Waals surface area (Å²) in [6.07, 6.45) is -9.06. The number of alkyl halides is 6. The van der Waals surface area contributed by atoms with Crippen molar-refractivity contribution < 1.29 is 49.8 Å². The highest BCUT2D eigenvalue weighted by Crippen LogP contribution is 2.38. The number of carbonyl (C=O) groups excluding carboxylic acids is 2. The first-order valence-electron chi connectivity index (χ1n) is 9.25. The second kappa shape index (κ2) is 9.48. The number of halogens is 7. The molecule has 2 amide bonds. The number of carbonyl (C=O) groups is 2. The Balaban J connectivity index is 1.98. The van der Waals surface area contributed by atoms with Crippen molar-refractivity contribution >= 4 is 17.5 Å². The predicted octanol–water partition coefficient (Wildman–Crippen LogP) is 5.28. The molecule has 14 heteroatoms. The van der Waals surface area contributed by atoms with Gasteiger partial charge in [-0.1, -0.05) is 0 Å². The summed E-state index contributed by atoms with van der Waals surface area (Å²) in [7, 11) is 0. The smallest absolute Gasteiger partial charge is 0.456 e. The van der Waals surface area contributed by atoms with Crippen LogP contribution in [0.3, 0.4) is 0 Å². The molecule has 0 unspecified atom stereocenters. The Labute approximate surface area is 191 Å². The van der Waals surface area contributed by atoms with Crippen molar-refractivity contribution in [2.75, 3.05) is 5.32 Å². The van der Waals surface area contributed by atoms with Gasteiger partial charge in [-0.15, -0.1) is 13.2 Å². The molecule has 184 valence electrons. The van der Waals surface area contributed by atoms with E-state index in [0.29, 0.717) is 12.1 Å². The van der Waals surface area contributed by atoms with Crippen molar-refractivity contribution in [3.8, 4) is 17.2 Å². The van der Waals surface area contributed by atoms with E-state index in [1.807, 2.05) is 0 Å². The van der Waals surface area contributed by atoms with Crippen LogP contribution in [-0.2, 0) is 6.18 Å². The number of amides is 2. The molecule has 3 N–H and O–H groups in total. The van der Waals surface area contributed by atoms with Gasteiger partial charge in [0.25, 0.3) is 11.8 Å². The Bertz CT molecular complexity index is 1260. The second-order valence-electron chi connectivity index (χ2n) is 6.67. The predicted molar refractivity (Wildman–Crippen MR) is 105 cm³/mol. The monoisotopic (exact) mass is 503 g/mol. The van der Waals surface area contributed by atoms with E-state index in [9.17, 15) is 40.3 Å². The topological polar surface area (TPSA) is 104 Å². The van der Waals surface area contributed by atoms with Crippen molar-refractivity contribution in [1.82, 2.24) is 4.98 Å². The average Bonchev–Trinajstić information content (AvgIpc) is 2.73. The summed E-state index contributed by atoms with van der Waals surface area (Å²) in [5.41, 5.74) is 1.72. The van der Waals surface area contributed by atoms with E-state index in [1.54, 1.807) is 0 Å². The van der Waals surface area contributed by atoms with Crippen molar-refractivity contribution in [3.05, 3.63) is 77.4 Å². The summed E-state index contributed by atoms with van der Waals surface area (Å²) in [6.45, 7) is 0. The quantitative estimate of drug-likeness (QED) is 0.446. The molecule has 3 rings (SSSR count). The standard InChI is InChI=1S/C21H12F7N3O4/c22-17-13(20(23,24)25)5-6-15(34-11-1-3-12(4-2-11)35-21(26,27)28)16(17)19(33)31-10-7-8-30-14(9-10)18(29)32/h1-9H,(H2,29,32)(H,30,31,33). The molecule has 0 aliphatic heterocycles. The maximum Gasteiger partial charge on any atom is 0.573 e. The maximum atomic E-state index is 14.9. The number of nitrogens with one attached hydrogen (secondary N) is 1.